The van der Waals surface area contributed by atoms with E-state index < -0.39 is 0 Å². The third-order valence-corrected chi connectivity index (χ3v) is 6.42. The van der Waals surface area contributed by atoms with Crippen molar-refractivity contribution in [2.75, 3.05) is 0 Å². The fourth-order valence-corrected chi connectivity index (χ4v) is 5.21. The van der Waals surface area contributed by atoms with Gasteiger partial charge in [0.2, 0.25) is 0 Å². The predicted molar refractivity (Wildman–Crippen MR) is 87.8 cm³/mol. The largest absolute Gasteiger partial charge is 0.0775 e. The summed E-state index contributed by atoms with van der Waals surface area (Å²) in [6.45, 7) is 0. The molecule has 0 amide bonds. The van der Waals surface area contributed by atoms with Gasteiger partial charge in [0, 0.05) is 0 Å². The van der Waals surface area contributed by atoms with Crippen LogP contribution < -0.4 is 0 Å². The van der Waals surface area contributed by atoms with Crippen molar-refractivity contribution in [3.8, 4) is 0 Å². The molecule has 0 nitrogen and oxygen atoms in total. The van der Waals surface area contributed by atoms with Crippen molar-refractivity contribution in [3.05, 3.63) is 24.3 Å². The van der Waals surface area contributed by atoms with Crippen LogP contribution in [0.5, 0.6) is 0 Å². The maximum absolute atomic E-state index is 2.64. The Morgan fingerprint density at radius 3 is 1.05 bits per heavy atom. The molecule has 3 aliphatic carbocycles. The Labute approximate surface area is 125 Å². The summed E-state index contributed by atoms with van der Waals surface area (Å²) in [6, 6.07) is 0. The van der Waals surface area contributed by atoms with E-state index in [2.05, 4.69) is 24.3 Å². The number of hydrogen-bond acceptors (Lipinski definition) is 0. The number of hydrogen-bond donors (Lipinski definition) is 0. The quantitative estimate of drug-likeness (QED) is 0.467. The van der Waals surface area contributed by atoms with Gasteiger partial charge in [0.25, 0.3) is 0 Å². The second kappa shape index (κ2) is 6.50. The predicted octanol–water partition coefficient (Wildman–Crippen LogP) is 6.57. The second-order valence-corrected chi connectivity index (χ2v) is 7.57. The van der Waals surface area contributed by atoms with Gasteiger partial charge in [-0.15, -0.1) is 0 Å². The summed E-state index contributed by atoms with van der Waals surface area (Å²) >= 11 is 0. The van der Waals surface area contributed by atoms with Crippen molar-refractivity contribution in [2.45, 2.75) is 89.9 Å². The minimum atomic E-state index is 0.513. The monoisotopic (exact) mass is 272 g/mol. The molecule has 0 unspecified atom stereocenters. The Morgan fingerprint density at radius 2 is 0.700 bits per heavy atom. The first-order valence-electron chi connectivity index (χ1n) is 9.24. The van der Waals surface area contributed by atoms with Crippen LogP contribution in [0.3, 0.4) is 0 Å². The molecule has 0 heteroatoms. The average Bonchev–Trinajstić information content (AvgIpc) is 2.41. The molecule has 3 rings (SSSR count). The molecule has 0 aromatic heterocycles. The summed E-state index contributed by atoms with van der Waals surface area (Å²) in [5, 5.41) is 0. The first-order chi connectivity index (χ1) is 9.87. The van der Waals surface area contributed by atoms with E-state index in [-0.39, 0.29) is 0 Å². The first-order valence-corrected chi connectivity index (χ1v) is 9.24. The van der Waals surface area contributed by atoms with Gasteiger partial charge in [0.1, 0.15) is 0 Å². The van der Waals surface area contributed by atoms with Crippen LogP contribution in [0.2, 0.25) is 0 Å². The van der Waals surface area contributed by atoms with Crippen molar-refractivity contribution in [3.63, 3.8) is 0 Å². The van der Waals surface area contributed by atoms with Crippen molar-refractivity contribution < 1.29 is 0 Å². The zero-order valence-corrected chi connectivity index (χ0v) is 13.2. The summed E-state index contributed by atoms with van der Waals surface area (Å²) in [5.41, 5.74) is 1.03. The Morgan fingerprint density at radius 1 is 0.400 bits per heavy atom. The molecule has 0 atom stereocenters. The average molecular weight is 272 g/mol. The lowest BCUT2D eigenvalue weighted by Crippen LogP contribution is -2.41. The van der Waals surface area contributed by atoms with Gasteiger partial charge >= 0.3 is 0 Å². The molecule has 2 saturated carbocycles. The highest BCUT2D eigenvalue weighted by Crippen LogP contribution is 2.57. The van der Waals surface area contributed by atoms with E-state index in [1.807, 2.05) is 0 Å². The van der Waals surface area contributed by atoms with Crippen LogP contribution in [-0.4, -0.2) is 0 Å². The van der Waals surface area contributed by atoms with Gasteiger partial charge in [0.05, 0.1) is 0 Å². The lowest BCUT2D eigenvalue weighted by atomic mass is 9.53. The van der Waals surface area contributed by atoms with Gasteiger partial charge < -0.3 is 0 Å². The fourth-order valence-electron chi connectivity index (χ4n) is 5.21. The maximum atomic E-state index is 2.64. The Bertz CT molecular complexity index is 308. The number of allylic oxidation sites excluding steroid dienone is 4. The molecule has 0 aromatic carbocycles. The van der Waals surface area contributed by atoms with Crippen molar-refractivity contribution in [1.82, 2.24) is 0 Å². The Kier molecular flexibility index (Phi) is 4.68. The lowest BCUT2D eigenvalue weighted by Gasteiger charge is -2.51. The molecular formula is C20H32. The molecule has 0 bridgehead atoms. The van der Waals surface area contributed by atoms with Gasteiger partial charge in [-0.1, -0.05) is 88.5 Å². The van der Waals surface area contributed by atoms with Crippen LogP contribution in [0.25, 0.3) is 0 Å². The zero-order chi connectivity index (χ0) is 13.7. The third kappa shape index (κ3) is 2.76. The van der Waals surface area contributed by atoms with Crippen LogP contribution in [0.15, 0.2) is 24.3 Å². The lowest BCUT2D eigenvalue weighted by molar-refractivity contribution is 0.0668. The second-order valence-electron chi connectivity index (χ2n) is 7.57. The molecule has 0 N–H and O–H groups in total. The summed E-state index contributed by atoms with van der Waals surface area (Å²) in [4.78, 5) is 0. The number of rotatable bonds is 0. The molecular weight excluding hydrogens is 240 g/mol. The molecule has 0 aromatic rings. The Balaban J connectivity index is 1.87. The summed E-state index contributed by atoms with van der Waals surface area (Å²) in [7, 11) is 0. The molecule has 0 aliphatic heterocycles. The first kappa shape index (κ1) is 14.4. The number of fused-ring (bicyclic) bond motifs is 1. The van der Waals surface area contributed by atoms with Crippen LogP contribution >= 0.6 is 0 Å². The summed E-state index contributed by atoms with van der Waals surface area (Å²) in [6.07, 6.45) is 30.5. The zero-order valence-electron chi connectivity index (χ0n) is 13.2. The standard InChI is InChI=1S/C20H32/c1-3-7-13-19(14-8-4-1)17-11-12-18-20(19)15-9-5-2-6-10-16-20/h11-12,17-18H,1-10,13-16H2. The van der Waals surface area contributed by atoms with E-state index in [0.29, 0.717) is 10.8 Å². The van der Waals surface area contributed by atoms with Gasteiger partial charge in [-0.3, -0.25) is 0 Å². The van der Waals surface area contributed by atoms with Crippen LogP contribution in [0, 0.1) is 10.8 Å². The van der Waals surface area contributed by atoms with Gasteiger partial charge in [-0.2, -0.15) is 0 Å². The molecule has 112 valence electrons. The van der Waals surface area contributed by atoms with E-state index in [9.17, 15) is 0 Å². The molecule has 2 fully saturated rings. The Hall–Kier alpha value is -0.520. The highest BCUT2D eigenvalue weighted by molar-refractivity contribution is 5.26. The van der Waals surface area contributed by atoms with E-state index in [4.69, 9.17) is 0 Å². The fraction of sp³-hybridized carbons (Fsp3) is 0.800. The smallest absolute Gasteiger partial charge is 0.00241 e. The van der Waals surface area contributed by atoms with Crippen LogP contribution in [0.4, 0.5) is 0 Å². The third-order valence-electron chi connectivity index (χ3n) is 6.42. The molecule has 0 saturated heterocycles. The van der Waals surface area contributed by atoms with Crippen LogP contribution in [-0.2, 0) is 0 Å². The molecule has 20 heavy (non-hydrogen) atoms. The van der Waals surface area contributed by atoms with Crippen molar-refractivity contribution in [1.29, 1.82) is 0 Å². The minimum absolute atomic E-state index is 0.513. The molecule has 2 spiro atoms. The molecule has 3 aliphatic rings. The van der Waals surface area contributed by atoms with Crippen LogP contribution in [0.1, 0.15) is 89.9 Å². The molecule has 0 heterocycles. The van der Waals surface area contributed by atoms with Crippen molar-refractivity contribution in [2.24, 2.45) is 10.8 Å². The summed E-state index contributed by atoms with van der Waals surface area (Å²) < 4.78 is 0. The summed E-state index contributed by atoms with van der Waals surface area (Å²) in [5.74, 6) is 0. The van der Waals surface area contributed by atoms with Crippen molar-refractivity contribution >= 4 is 0 Å². The van der Waals surface area contributed by atoms with E-state index in [1.54, 1.807) is 0 Å². The minimum Gasteiger partial charge on any atom is -0.0775 e. The van der Waals surface area contributed by atoms with Gasteiger partial charge in [-0.25, -0.2) is 0 Å². The van der Waals surface area contributed by atoms with E-state index in [0.717, 1.165) is 0 Å². The van der Waals surface area contributed by atoms with E-state index >= 15 is 0 Å². The molecule has 0 radical (unpaired) electrons. The van der Waals surface area contributed by atoms with E-state index in [1.165, 1.54) is 89.9 Å². The van der Waals surface area contributed by atoms with Gasteiger partial charge in [-0.05, 0) is 36.5 Å². The highest BCUT2D eigenvalue weighted by Gasteiger charge is 2.47. The normalized spacial score (nSPS) is 29.6. The SMILES string of the molecule is C1=CC2(CCCCCCC2)C2(C=C1)CCCCCCC2. The maximum Gasteiger partial charge on any atom is -0.00241 e. The van der Waals surface area contributed by atoms with Gasteiger partial charge in [0.15, 0.2) is 0 Å². The highest BCUT2D eigenvalue weighted by atomic mass is 14.5. The topological polar surface area (TPSA) is 0 Å².